The second kappa shape index (κ2) is 6.59. The van der Waals surface area contributed by atoms with Crippen molar-refractivity contribution in [2.75, 3.05) is 0 Å². The lowest BCUT2D eigenvalue weighted by molar-refractivity contribution is -0.141. The Labute approximate surface area is 106 Å². The number of hydrogen-bond acceptors (Lipinski definition) is 2. The number of carboxylic acids is 1. The first kappa shape index (κ1) is 14.0. The van der Waals surface area contributed by atoms with Crippen molar-refractivity contribution >= 4 is 11.9 Å². The highest BCUT2D eigenvalue weighted by Crippen LogP contribution is 2.13. The summed E-state index contributed by atoms with van der Waals surface area (Å²) in [5.74, 6) is -1.42. The summed E-state index contributed by atoms with van der Waals surface area (Å²) in [6.45, 7) is 3.59. The van der Waals surface area contributed by atoms with E-state index in [-0.39, 0.29) is 5.91 Å². The van der Waals surface area contributed by atoms with Gasteiger partial charge in [0.15, 0.2) is 6.04 Å². The Morgan fingerprint density at radius 1 is 1.33 bits per heavy atom. The quantitative estimate of drug-likeness (QED) is 0.784. The van der Waals surface area contributed by atoms with Gasteiger partial charge in [-0.15, -0.1) is 0 Å². The Balaban J connectivity index is 2.86. The molecule has 96 valence electrons. The lowest BCUT2D eigenvalue weighted by Crippen LogP contribution is -2.34. The second-order valence-electron chi connectivity index (χ2n) is 3.95. The average molecular weight is 247 g/mol. The van der Waals surface area contributed by atoms with Crippen LogP contribution in [0.4, 0.5) is 0 Å². The first-order valence-corrected chi connectivity index (χ1v) is 5.81. The second-order valence-corrected chi connectivity index (χ2v) is 3.95. The van der Waals surface area contributed by atoms with Crippen molar-refractivity contribution in [3.63, 3.8) is 0 Å². The molecule has 0 aliphatic carbocycles. The van der Waals surface area contributed by atoms with Crippen molar-refractivity contribution in [3.8, 4) is 0 Å². The molecule has 1 aromatic carbocycles. The minimum Gasteiger partial charge on any atom is -0.479 e. The molecule has 0 radical (unpaired) electrons. The van der Waals surface area contributed by atoms with Crippen LogP contribution in [0.5, 0.6) is 0 Å². The molecule has 0 spiro atoms. The molecule has 18 heavy (non-hydrogen) atoms. The number of carbonyl (C=O) groups is 2. The average Bonchev–Trinajstić information content (AvgIpc) is 2.36. The van der Waals surface area contributed by atoms with Gasteiger partial charge in [-0.3, -0.25) is 4.79 Å². The van der Waals surface area contributed by atoms with Crippen molar-refractivity contribution in [3.05, 3.63) is 47.5 Å². The standard InChI is InChI=1S/C14H17NO3/c1-3-7-10(2)13(16)15-12(14(17)18)11-8-5-4-6-9-11/h4-9,12H,3H2,1-2H3,(H,15,16)(H,17,18)/t12-/m0/s1. The van der Waals surface area contributed by atoms with E-state index in [1.807, 2.05) is 6.92 Å². The zero-order valence-corrected chi connectivity index (χ0v) is 10.5. The van der Waals surface area contributed by atoms with Crippen LogP contribution in [0.3, 0.4) is 0 Å². The Kier molecular flexibility index (Phi) is 5.11. The normalized spacial score (nSPS) is 12.9. The zero-order chi connectivity index (χ0) is 13.5. The van der Waals surface area contributed by atoms with Crippen molar-refractivity contribution in [1.82, 2.24) is 5.32 Å². The highest BCUT2D eigenvalue weighted by atomic mass is 16.4. The first-order chi connectivity index (χ1) is 8.56. The summed E-state index contributed by atoms with van der Waals surface area (Å²) in [4.78, 5) is 23.0. The third-order valence-corrected chi connectivity index (χ3v) is 2.52. The van der Waals surface area contributed by atoms with Crippen LogP contribution in [0.1, 0.15) is 31.9 Å². The molecule has 0 fully saturated rings. The minimum atomic E-state index is -1.07. The molecule has 0 aliphatic heterocycles. The predicted molar refractivity (Wildman–Crippen MR) is 69.0 cm³/mol. The van der Waals surface area contributed by atoms with Gasteiger partial charge in [-0.25, -0.2) is 4.79 Å². The number of amides is 1. The summed E-state index contributed by atoms with van der Waals surface area (Å²) in [5.41, 5.74) is 1.09. The number of benzene rings is 1. The minimum absolute atomic E-state index is 0.354. The lowest BCUT2D eigenvalue weighted by atomic mass is 10.1. The molecule has 0 aliphatic rings. The third kappa shape index (κ3) is 3.73. The smallest absolute Gasteiger partial charge is 0.330 e. The van der Waals surface area contributed by atoms with E-state index in [0.29, 0.717) is 11.1 Å². The summed E-state index contributed by atoms with van der Waals surface area (Å²) in [6, 6.07) is 7.62. The van der Waals surface area contributed by atoms with E-state index in [0.717, 1.165) is 6.42 Å². The maximum Gasteiger partial charge on any atom is 0.330 e. The number of carboxylic acid groups (broad SMARTS) is 1. The number of nitrogens with one attached hydrogen (secondary N) is 1. The van der Waals surface area contributed by atoms with E-state index in [1.54, 1.807) is 43.3 Å². The highest BCUT2D eigenvalue weighted by molar-refractivity contribution is 5.95. The van der Waals surface area contributed by atoms with Gasteiger partial charge >= 0.3 is 5.97 Å². The summed E-state index contributed by atoms with van der Waals surface area (Å²) in [7, 11) is 0. The number of aliphatic carboxylic acids is 1. The number of rotatable bonds is 5. The highest BCUT2D eigenvalue weighted by Gasteiger charge is 2.21. The molecule has 0 saturated carbocycles. The molecule has 0 saturated heterocycles. The molecule has 1 aromatic rings. The summed E-state index contributed by atoms with van der Waals surface area (Å²) < 4.78 is 0. The number of carbonyl (C=O) groups excluding carboxylic acids is 1. The van der Waals surface area contributed by atoms with E-state index in [2.05, 4.69) is 5.32 Å². The maximum absolute atomic E-state index is 11.8. The summed E-state index contributed by atoms with van der Waals surface area (Å²) >= 11 is 0. The van der Waals surface area contributed by atoms with Gasteiger partial charge in [-0.2, -0.15) is 0 Å². The van der Waals surface area contributed by atoms with Crippen molar-refractivity contribution in [1.29, 1.82) is 0 Å². The Morgan fingerprint density at radius 2 is 1.94 bits per heavy atom. The van der Waals surface area contributed by atoms with E-state index < -0.39 is 12.0 Å². The molecular weight excluding hydrogens is 230 g/mol. The van der Waals surface area contributed by atoms with E-state index >= 15 is 0 Å². The lowest BCUT2D eigenvalue weighted by Gasteiger charge is -2.15. The maximum atomic E-state index is 11.8. The fraction of sp³-hybridized carbons (Fsp3) is 0.286. The fourth-order valence-electron chi connectivity index (χ4n) is 1.58. The topological polar surface area (TPSA) is 66.4 Å². The van der Waals surface area contributed by atoms with Crippen molar-refractivity contribution < 1.29 is 14.7 Å². The van der Waals surface area contributed by atoms with Gasteiger partial charge in [-0.1, -0.05) is 43.3 Å². The van der Waals surface area contributed by atoms with Crippen molar-refractivity contribution in [2.24, 2.45) is 0 Å². The number of hydrogen-bond donors (Lipinski definition) is 2. The van der Waals surface area contributed by atoms with Gasteiger partial charge < -0.3 is 10.4 Å². The van der Waals surface area contributed by atoms with Crippen LogP contribution in [0, 0.1) is 0 Å². The third-order valence-electron chi connectivity index (χ3n) is 2.52. The molecule has 0 bridgehead atoms. The van der Waals surface area contributed by atoms with Crippen LogP contribution in [-0.2, 0) is 9.59 Å². The number of allylic oxidation sites excluding steroid dienone is 1. The van der Waals surface area contributed by atoms with Crippen molar-refractivity contribution in [2.45, 2.75) is 26.3 Å². The van der Waals surface area contributed by atoms with Gasteiger partial charge in [-0.05, 0) is 18.9 Å². The Bertz CT molecular complexity index is 451. The molecule has 4 nitrogen and oxygen atoms in total. The van der Waals surface area contributed by atoms with Gasteiger partial charge in [0.1, 0.15) is 0 Å². The first-order valence-electron chi connectivity index (χ1n) is 5.81. The fourth-order valence-corrected chi connectivity index (χ4v) is 1.58. The molecule has 0 heterocycles. The van der Waals surface area contributed by atoms with Gasteiger partial charge in [0.25, 0.3) is 0 Å². The van der Waals surface area contributed by atoms with Gasteiger partial charge in [0.05, 0.1) is 0 Å². The van der Waals surface area contributed by atoms with E-state index in [4.69, 9.17) is 5.11 Å². The molecule has 0 unspecified atom stereocenters. The molecule has 1 atom stereocenters. The molecule has 0 aromatic heterocycles. The summed E-state index contributed by atoms with van der Waals surface area (Å²) in [5, 5.41) is 11.7. The van der Waals surface area contributed by atoms with Crippen LogP contribution in [0.2, 0.25) is 0 Å². The molecule has 1 amide bonds. The Hall–Kier alpha value is -2.10. The molecular formula is C14H17NO3. The van der Waals surface area contributed by atoms with Crippen LogP contribution in [-0.4, -0.2) is 17.0 Å². The zero-order valence-electron chi connectivity index (χ0n) is 10.5. The van der Waals surface area contributed by atoms with Gasteiger partial charge in [0.2, 0.25) is 5.91 Å². The van der Waals surface area contributed by atoms with Crippen LogP contribution >= 0.6 is 0 Å². The SMILES string of the molecule is CCC=C(C)C(=O)N[C@H](C(=O)O)c1ccccc1. The molecule has 4 heteroatoms. The monoisotopic (exact) mass is 247 g/mol. The Morgan fingerprint density at radius 3 is 2.44 bits per heavy atom. The van der Waals surface area contributed by atoms with E-state index in [1.165, 1.54) is 0 Å². The molecule has 2 N–H and O–H groups in total. The van der Waals surface area contributed by atoms with Crippen LogP contribution < -0.4 is 5.32 Å². The molecule has 1 rings (SSSR count). The van der Waals surface area contributed by atoms with Crippen LogP contribution in [0.15, 0.2) is 42.0 Å². The van der Waals surface area contributed by atoms with E-state index in [9.17, 15) is 9.59 Å². The van der Waals surface area contributed by atoms with Gasteiger partial charge in [0, 0.05) is 5.57 Å². The largest absolute Gasteiger partial charge is 0.479 e. The van der Waals surface area contributed by atoms with Crippen LogP contribution in [0.25, 0.3) is 0 Å². The predicted octanol–water partition coefficient (Wildman–Crippen LogP) is 2.28. The summed E-state index contributed by atoms with van der Waals surface area (Å²) in [6.07, 6.45) is 2.50.